The fourth-order valence-corrected chi connectivity index (χ4v) is 2.49. The fraction of sp³-hybridized carbons (Fsp3) is 0.438. The predicted octanol–water partition coefficient (Wildman–Crippen LogP) is 2.34. The number of para-hydroxylation sites is 1. The van der Waals surface area contributed by atoms with E-state index < -0.39 is 0 Å². The van der Waals surface area contributed by atoms with Gasteiger partial charge in [0.1, 0.15) is 6.33 Å². The second-order valence-electron chi connectivity index (χ2n) is 4.92. The van der Waals surface area contributed by atoms with Gasteiger partial charge in [-0.2, -0.15) is 4.98 Å². The van der Waals surface area contributed by atoms with Crippen LogP contribution in [0.3, 0.4) is 0 Å². The van der Waals surface area contributed by atoms with Gasteiger partial charge in [-0.3, -0.25) is 4.57 Å². The predicted molar refractivity (Wildman–Crippen MR) is 85.3 cm³/mol. The highest BCUT2D eigenvalue weighted by atomic mass is 16.1. The molecular formula is C16H22N4O. The summed E-state index contributed by atoms with van der Waals surface area (Å²) in [5, 5.41) is 0. The second-order valence-corrected chi connectivity index (χ2v) is 4.92. The van der Waals surface area contributed by atoms with Gasteiger partial charge in [0.2, 0.25) is 5.95 Å². The van der Waals surface area contributed by atoms with Crippen LogP contribution in [0.15, 0.2) is 29.3 Å². The summed E-state index contributed by atoms with van der Waals surface area (Å²) < 4.78 is 1.54. The van der Waals surface area contributed by atoms with Crippen LogP contribution in [0.2, 0.25) is 0 Å². The molecule has 0 unspecified atom stereocenters. The first-order valence-corrected chi connectivity index (χ1v) is 7.41. The third-order valence-corrected chi connectivity index (χ3v) is 3.68. The normalized spacial score (nSPS) is 10.7. The average molecular weight is 286 g/mol. The Morgan fingerprint density at radius 2 is 1.90 bits per heavy atom. The van der Waals surface area contributed by atoms with Gasteiger partial charge in [-0.25, -0.2) is 9.78 Å². The van der Waals surface area contributed by atoms with E-state index in [4.69, 9.17) is 0 Å². The monoisotopic (exact) mass is 286 g/mol. The van der Waals surface area contributed by atoms with Crippen molar-refractivity contribution in [1.82, 2.24) is 14.5 Å². The minimum Gasteiger partial charge on any atom is -0.341 e. The molecule has 0 saturated heterocycles. The Bertz CT molecular complexity index is 674. The highest BCUT2D eigenvalue weighted by molar-refractivity contribution is 5.47. The Morgan fingerprint density at radius 1 is 1.19 bits per heavy atom. The van der Waals surface area contributed by atoms with Crippen LogP contribution in [-0.4, -0.2) is 27.6 Å². The molecule has 0 amide bonds. The van der Waals surface area contributed by atoms with Gasteiger partial charge in [-0.05, 0) is 38.3 Å². The molecule has 0 spiro atoms. The van der Waals surface area contributed by atoms with E-state index in [2.05, 4.69) is 16.9 Å². The molecular weight excluding hydrogens is 264 g/mol. The molecule has 5 heteroatoms. The van der Waals surface area contributed by atoms with Crippen molar-refractivity contribution in [1.29, 1.82) is 0 Å². The molecule has 0 aliphatic rings. The van der Waals surface area contributed by atoms with E-state index in [0.717, 1.165) is 36.3 Å². The fourth-order valence-electron chi connectivity index (χ4n) is 2.49. The van der Waals surface area contributed by atoms with Gasteiger partial charge in [-0.15, -0.1) is 0 Å². The summed E-state index contributed by atoms with van der Waals surface area (Å²) in [7, 11) is 0. The molecule has 21 heavy (non-hydrogen) atoms. The van der Waals surface area contributed by atoms with Gasteiger partial charge in [0.05, 0.1) is 5.69 Å². The number of aryl methyl sites for hydroxylation is 2. The number of nitrogens with zero attached hydrogens (tertiary/aromatic N) is 4. The lowest BCUT2D eigenvalue weighted by Crippen LogP contribution is -2.30. The molecule has 0 N–H and O–H groups in total. The maximum Gasteiger partial charge on any atom is 0.356 e. The van der Waals surface area contributed by atoms with Crippen molar-refractivity contribution in [2.75, 3.05) is 18.0 Å². The van der Waals surface area contributed by atoms with Crippen molar-refractivity contribution in [3.8, 4) is 5.69 Å². The number of benzene rings is 1. The van der Waals surface area contributed by atoms with Gasteiger partial charge >= 0.3 is 5.69 Å². The minimum atomic E-state index is -0.282. The summed E-state index contributed by atoms with van der Waals surface area (Å²) in [5.74, 6) is 0.493. The smallest absolute Gasteiger partial charge is 0.341 e. The maximum absolute atomic E-state index is 12.4. The maximum atomic E-state index is 12.4. The number of aromatic nitrogens is 3. The zero-order chi connectivity index (χ0) is 15.4. The topological polar surface area (TPSA) is 51.0 Å². The number of hydrogen-bond donors (Lipinski definition) is 0. The quantitative estimate of drug-likeness (QED) is 0.846. The summed E-state index contributed by atoms with van der Waals surface area (Å²) in [5.41, 5.74) is 2.79. The van der Waals surface area contributed by atoms with Gasteiger partial charge in [0.25, 0.3) is 0 Å². The Labute approximate surface area is 125 Å². The van der Waals surface area contributed by atoms with Crippen molar-refractivity contribution in [2.24, 2.45) is 0 Å². The summed E-state index contributed by atoms with van der Waals surface area (Å²) in [4.78, 5) is 22.8. The molecule has 1 heterocycles. The van der Waals surface area contributed by atoms with E-state index in [-0.39, 0.29) is 5.69 Å². The molecule has 2 rings (SSSR count). The summed E-state index contributed by atoms with van der Waals surface area (Å²) in [6, 6.07) is 6.04. The van der Waals surface area contributed by atoms with E-state index in [0.29, 0.717) is 5.95 Å². The molecule has 1 aromatic carbocycles. The van der Waals surface area contributed by atoms with Crippen molar-refractivity contribution in [3.63, 3.8) is 0 Å². The summed E-state index contributed by atoms with van der Waals surface area (Å²) in [6.45, 7) is 9.69. The van der Waals surface area contributed by atoms with E-state index >= 15 is 0 Å². The van der Waals surface area contributed by atoms with Crippen LogP contribution < -0.4 is 10.6 Å². The summed E-state index contributed by atoms with van der Waals surface area (Å²) in [6.07, 6.45) is 2.45. The Hall–Kier alpha value is -2.17. The molecule has 0 saturated carbocycles. The van der Waals surface area contributed by atoms with Crippen LogP contribution in [0, 0.1) is 6.92 Å². The lowest BCUT2D eigenvalue weighted by molar-refractivity contribution is 0.770. The third kappa shape index (κ3) is 2.96. The zero-order valence-electron chi connectivity index (χ0n) is 13.1. The zero-order valence-corrected chi connectivity index (χ0v) is 13.1. The molecule has 2 aromatic rings. The first-order chi connectivity index (χ1) is 10.1. The Morgan fingerprint density at radius 3 is 2.48 bits per heavy atom. The van der Waals surface area contributed by atoms with Crippen molar-refractivity contribution >= 4 is 5.95 Å². The van der Waals surface area contributed by atoms with E-state index in [1.165, 1.54) is 0 Å². The van der Waals surface area contributed by atoms with Gasteiger partial charge in [-0.1, -0.05) is 25.1 Å². The molecule has 0 atom stereocenters. The van der Waals surface area contributed by atoms with Crippen LogP contribution in [-0.2, 0) is 6.42 Å². The van der Waals surface area contributed by atoms with Gasteiger partial charge in [0, 0.05) is 13.1 Å². The largest absolute Gasteiger partial charge is 0.356 e. The van der Waals surface area contributed by atoms with Gasteiger partial charge < -0.3 is 4.90 Å². The van der Waals surface area contributed by atoms with Crippen LogP contribution in [0.5, 0.6) is 0 Å². The van der Waals surface area contributed by atoms with Crippen molar-refractivity contribution < 1.29 is 0 Å². The number of anilines is 1. The van der Waals surface area contributed by atoms with E-state index in [1.807, 2.05) is 43.9 Å². The second kappa shape index (κ2) is 6.52. The molecule has 112 valence electrons. The van der Waals surface area contributed by atoms with Crippen LogP contribution >= 0.6 is 0 Å². The van der Waals surface area contributed by atoms with Crippen LogP contribution in [0.1, 0.15) is 31.9 Å². The van der Waals surface area contributed by atoms with Crippen LogP contribution in [0.25, 0.3) is 5.69 Å². The average Bonchev–Trinajstić information content (AvgIpc) is 2.49. The lowest BCUT2D eigenvalue weighted by atomic mass is 10.1. The number of hydrogen-bond acceptors (Lipinski definition) is 4. The Kier molecular flexibility index (Phi) is 4.73. The molecule has 0 radical (unpaired) electrons. The first kappa shape index (κ1) is 15.2. The molecule has 0 aliphatic heterocycles. The molecule has 5 nitrogen and oxygen atoms in total. The summed E-state index contributed by atoms with van der Waals surface area (Å²) >= 11 is 0. The van der Waals surface area contributed by atoms with Crippen molar-refractivity contribution in [2.45, 2.75) is 34.1 Å². The van der Waals surface area contributed by atoms with E-state index in [9.17, 15) is 4.79 Å². The molecule has 1 aromatic heterocycles. The van der Waals surface area contributed by atoms with Crippen molar-refractivity contribution in [3.05, 3.63) is 46.1 Å². The molecule has 0 aliphatic carbocycles. The highest BCUT2D eigenvalue weighted by Crippen LogP contribution is 2.18. The Balaban J connectivity index is 2.55. The number of rotatable bonds is 5. The lowest BCUT2D eigenvalue weighted by Gasteiger charge is -2.19. The van der Waals surface area contributed by atoms with Crippen LogP contribution in [0.4, 0.5) is 5.95 Å². The first-order valence-electron chi connectivity index (χ1n) is 7.41. The molecule has 0 fully saturated rings. The van der Waals surface area contributed by atoms with Gasteiger partial charge in [0.15, 0.2) is 0 Å². The molecule has 0 bridgehead atoms. The SMILES string of the molecule is CCc1cccc(C)c1-n1cnc(N(CC)CC)nc1=O. The minimum absolute atomic E-state index is 0.282. The highest BCUT2D eigenvalue weighted by Gasteiger charge is 2.12. The van der Waals surface area contributed by atoms with E-state index in [1.54, 1.807) is 10.9 Å². The standard InChI is InChI=1S/C16H22N4O/c1-5-13-10-8-9-12(4)14(13)20-11-17-15(18-16(20)21)19(6-2)7-3/h8-11H,5-7H2,1-4H3. The third-order valence-electron chi connectivity index (χ3n) is 3.68.